The summed E-state index contributed by atoms with van der Waals surface area (Å²) in [4.78, 5) is 9.50. The van der Waals surface area contributed by atoms with E-state index in [0.29, 0.717) is 0 Å². The van der Waals surface area contributed by atoms with Crippen LogP contribution in [0.15, 0.2) is 36.7 Å². The summed E-state index contributed by atoms with van der Waals surface area (Å²) in [5.74, 6) is 0.874. The van der Waals surface area contributed by atoms with Crippen molar-refractivity contribution in [3.8, 4) is 0 Å². The Morgan fingerprint density at radius 2 is 2.40 bits per heavy atom. The second kappa shape index (κ2) is 4.64. The van der Waals surface area contributed by atoms with Gasteiger partial charge in [0.2, 0.25) is 5.95 Å². The third-order valence-corrected chi connectivity index (χ3v) is 2.17. The SMILES string of the molecule is CCCN(c1[c]cccc1)c1ncc[nH]1. The Morgan fingerprint density at radius 1 is 1.47 bits per heavy atom. The van der Waals surface area contributed by atoms with E-state index in [4.69, 9.17) is 0 Å². The maximum atomic E-state index is 4.26. The first kappa shape index (κ1) is 9.77. The molecular weight excluding hydrogens is 186 g/mol. The molecule has 0 spiro atoms. The molecule has 0 unspecified atom stereocenters. The van der Waals surface area contributed by atoms with Gasteiger partial charge in [0.25, 0.3) is 0 Å². The molecule has 0 aliphatic carbocycles. The molecule has 1 aromatic carbocycles. The average molecular weight is 200 g/mol. The highest BCUT2D eigenvalue weighted by molar-refractivity contribution is 5.55. The van der Waals surface area contributed by atoms with Crippen molar-refractivity contribution in [3.05, 3.63) is 42.7 Å². The van der Waals surface area contributed by atoms with Crippen molar-refractivity contribution in [2.24, 2.45) is 0 Å². The van der Waals surface area contributed by atoms with Crippen molar-refractivity contribution in [1.82, 2.24) is 9.97 Å². The van der Waals surface area contributed by atoms with Gasteiger partial charge >= 0.3 is 0 Å². The standard InChI is InChI=1S/C12H14N3/c1-2-10-15(12-13-8-9-14-12)11-6-4-3-5-7-11/h3-6,8-9H,2,10H2,1H3,(H,13,14). The molecule has 1 aromatic heterocycles. The minimum atomic E-state index is 0.874. The maximum absolute atomic E-state index is 4.26. The molecule has 2 aromatic rings. The highest BCUT2D eigenvalue weighted by Gasteiger charge is 2.09. The van der Waals surface area contributed by atoms with Crippen LogP contribution in [0.5, 0.6) is 0 Å². The lowest BCUT2D eigenvalue weighted by molar-refractivity contribution is 0.861. The van der Waals surface area contributed by atoms with Gasteiger partial charge in [0.05, 0.1) is 5.69 Å². The molecule has 3 nitrogen and oxygen atoms in total. The number of nitrogens with zero attached hydrogens (tertiary/aromatic N) is 2. The van der Waals surface area contributed by atoms with Gasteiger partial charge in [-0.2, -0.15) is 0 Å². The second-order valence-electron chi connectivity index (χ2n) is 3.31. The lowest BCUT2D eigenvalue weighted by Crippen LogP contribution is -2.19. The van der Waals surface area contributed by atoms with Gasteiger partial charge in [-0.3, -0.25) is 0 Å². The molecule has 0 bridgehead atoms. The molecule has 0 amide bonds. The van der Waals surface area contributed by atoms with Crippen molar-refractivity contribution in [1.29, 1.82) is 0 Å². The number of H-pyrrole nitrogens is 1. The first-order valence-electron chi connectivity index (χ1n) is 5.15. The molecule has 0 aliphatic rings. The Balaban J connectivity index is 2.28. The van der Waals surface area contributed by atoms with Gasteiger partial charge in [-0.1, -0.05) is 25.1 Å². The fraction of sp³-hybridized carbons (Fsp3) is 0.250. The van der Waals surface area contributed by atoms with Crippen molar-refractivity contribution in [2.75, 3.05) is 11.4 Å². The Morgan fingerprint density at radius 3 is 3.00 bits per heavy atom. The average Bonchev–Trinajstić information content (AvgIpc) is 2.80. The molecule has 2 rings (SSSR count). The largest absolute Gasteiger partial charge is 0.331 e. The summed E-state index contributed by atoms with van der Waals surface area (Å²) >= 11 is 0. The molecule has 1 heterocycles. The fourth-order valence-electron chi connectivity index (χ4n) is 1.52. The van der Waals surface area contributed by atoms with Crippen LogP contribution in [-0.2, 0) is 0 Å². The molecule has 0 saturated heterocycles. The number of rotatable bonds is 4. The molecule has 3 heteroatoms. The summed E-state index contributed by atoms with van der Waals surface area (Å²) in [5.41, 5.74) is 1.05. The minimum absolute atomic E-state index is 0.874. The summed E-state index contributed by atoms with van der Waals surface area (Å²) in [7, 11) is 0. The summed E-state index contributed by atoms with van der Waals surface area (Å²) in [5, 5.41) is 0. The minimum Gasteiger partial charge on any atom is -0.331 e. The number of nitrogens with one attached hydrogen (secondary N) is 1. The Hall–Kier alpha value is -1.77. The van der Waals surface area contributed by atoms with Crippen LogP contribution in [0.4, 0.5) is 11.6 Å². The third kappa shape index (κ3) is 2.18. The quantitative estimate of drug-likeness (QED) is 0.823. The molecule has 77 valence electrons. The van der Waals surface area contributed by atoms with E-state index in [9.17, 15) is 0 Å². The predicted octanol–water partition coefficient (Wildman–Crippen LogP) is 2.76. The van der Waals surface area contributed by atoms with Gasteiger partial charge in [0.1, 0.15) is 0 Å². The molecule has 0 saturated carbocycles. The van der Waals surface area contributed by atoms with Crippen LogP contribution in [0.2, 0.25) is 0 Å². The van der Waals surface area contributed by atoms with Crippen molar-refractivity contribution in [3.63, 3.8) is 0 Å². The normalized spacial score (nSPS) is 10.2. The molecule has 15 heavy (non-hydrogen) atoms. The lowest BCUT2D eigenvalue weighted by atomic mass is 10.3. The van der Waals surface area contributed by atoms with Gasteiger partial charge in [0.15, 0.2) is 0 Å². The maximum Gasteiger partial charge on any atom is 0.207 e. The first-order valence-corrected chi connectivity index (χ1v) is 5.15. The van der Waals surface area contributed by atoms with Crippen LogP contribution < -0.4 is 4.90 Å². The second-order valence-corrected chi connectivity index (χ2v) is 3.31. The Labute approximate surface area is 89.8 Å². The van der Waals surface area contributed by atoms with Crippen LogP contribution in [0.1, 0.15) is 13.3 Å². The van der Waals surface area contributed by atoms with Crippen molar-refractivity contribution < 1.29 is 0 Å². The summed E-state index contributed by atoms with van der Waals surface area (Å²) in [6, 6.07) is 11.1. The van der Waals surface area contributed by atoms with Crippen LogP contribution in [0.3, 0.4) is 0 Å². The Bertz CT molecular complexity index is 381. The number of aromatic nitrogens is 2. The summed E-state index contributed by atoms with van der Waals surface area (Å²) in [6.07, 6.45) is 4.67. The molecular formula is C12H14N3. The lowest BCUT2D eigenvalue weighted by Gasteiger charge is -2.20. The van der Waals surface area contributed by atoms with Crippen molar-refractivity contribution in [2.45, 2.75) is 13.3 Å². The molecule has 0 fully saturated rings. The number of hydrogen-bond acceptors (Lipinski definition) is 2. The number of hydrogen-bond donors (Lipinski definition) is 1. The highest BCUT2D eigenvalue weighted by atomic mass is 15.3. The number of imidazole rings is 1. The first-order chi connectivity index (χ1) is 7.42. The van der Waals surface area contributed by atoms with Crippen LogP contribution >= 0.6 is 0 Å². The van der Waals surface area contributed by atoms with E-state index in [1.807, 2.05) is 30.5 Å². The smallest absolute Gasteiger partial charge is 0.207 e. The Kier molecular flexibility index (Phi) is 3.02. The fourth-order valence-corrected chi connectivity index (χ4v) is 1.52. The van der Waals surface area contributed by atoms with Crippen LogP contribution in [0.25, 0.3) is 0 Å². The van der Waals surface area contributed by atoms with Gasteiger partial charge in [-0.25, -0.2) is 4.98 Å². The van der Waals surface area contributed by atoms with E-state index < -0.39 is 0 Å². The van der Waals surface area contributed by atoms with E-state index in [2.05, 4.69) is 27.9 Å². The monoisotopic (exact) mass is 200 g/mol. The zero-order valence-electron chi connectivity index (χ0n) is 8.77. The molecule has 1 N–H and O–H groups in total. The van der Waals surface area contributed by atoms with Gasteiger partial charge in [-0.15, -0.1) is 0 Å². The molecule has 0 aliphatic heterocycles. The van der Waals surface area contributed by atoms with E-state index in [-0.39, 0.29) is 0 Å². The predicted molar refractivity (Wildman–Crippen MR) is 61.2 cm³/mol. The summed E-state index contributed by atoms with van der Waals surface area (Å²) in [6.45, 7) is 3.09. The van der Waals surface area contributed by atoms with Crippen LogP contribution in [-0.4, -0.2) is 16.5 Å². The van der Waals surface area contributed by atoms with Crippen LogP contribution in [0, 0.1) is 6.07 Å². The van der Waals surface area contributed by atoms with Crippen molar-refractivity contribution >= 4 is 11.6 Å². The van der Waals surface area contributed by atoms with Gasteiger partial charge in [-0.05, 0) is 12.5 Å². The van der Waals surface area contributed by atoms with E-state index in [1.165, 1.54) is 0 Å². The van der Waals surface area contributed by atoms with Gasteiger partial charge in [0, 0.05) is 25.0 Å². The zero-order chi connectivity index (χ0) is 10.5. The van der Waals surface area contributed by atoms with E-state index >= 15 is 0 Å². The number of aromatic amines is 1. The van der Waals surface area contributed by atoms with E-state index in [0.717, 1.165) is 24.6 Å². The summed E-state index contributed by atoms with van der Waals surface area (Å²) < 4.78 is 0. The highest BCUT2D eigenvalue weighted by Crippen LogP contribution is 2.20. The van der Waals surface area contributed by atoms with Gasteiger partial charge < -0.3 is 9.88 Å². The molecule has 1 radical (unpaired) electrons. The number of para-hydroxylation sites is 1. The van der Waals surface area contributed by atoms with E-state index in [1.54, 1.807) is 6.20 Å². The topological polar surface area (TPSA) is 31.9 Å². The third-order valence-electron chi connectivity index (χ3n) is 2.17. The molecule has 0 atom stereocenters. The number of anilines is 2. The number of benzene rings is 1. The zero-order valence-corrected chi connectivity index (χ0v) is 8.77.